The molecular weight excluding hydrogens is 278 g/mol. The van der Waals surface area contributed by atoms with Crippen molar-refractivity contribution < 1.29 is 13.2 Å². The quantitative estimate of drug-likeness (QED) is 0.752. The summed E-state index contributed by atoms with van der Waals surface area (Å²) >= 11 is 11.0. The van der Waals surface area contributed by atoms with Gasteiger partial charge in [-0.15, -0.1) is 0 Å². The molecule has 3 nitrogen and oxygen atoms in total. The van der Waals surface area contributed by atoms with Crippen LogP contribution in [-0.4, -0.2) is 15.0 Å². The third-order valence-electron chi connectivity index (χ3n) is 1.86. The number of rotatable bonds is 1. The van der Waals surface area contributed by atoms with Crippen LogP contribution in [0.3, 0.4) is 0 Å². The molecule has 0 N–H and O–H groups in total. The van der Waals surface area contributed by atoms with Crippen molar-refractivity contribution in [2.75, 3.05) is 0 Å². The maximum Gasteiger partial charge on any atom is 0.227 e. The predicted octanol–water partition coefficient (Wildman–Crippen LogP) is 3.26. The van der Waals surface area contributed by atoms with Crippen LogP contribution in [0.15, 0.2) is 12.1 Å². The number of hydrogen-bond acceptors (Lipinski definition) is 3. The Morgan fingerprint density at radius 3 is 2.00 bits per heavy atom. The van der Waals surface area contributed by atoms with Crippen molar-refractivity contribution in [3.63, 3.8) is 0 Å². The zero-order valence-electron chi connectivity index (χ0n) is 7.89. The van der Waals surface area contributed by atoms with Crippen molar-refractivity contribution in [3.8, 4) is 11.4 Å². The van der Waals surface area contributed by atoms with Gasteiger partial charge in [-0.25, -0.2) is 13.2 Å². The van der Waals surface area contributed by atoms with E-state index >= 15 is 0 Å². The molecule has 0 atom stereocenters. The minimum Gasteiger partial charge on any atom is -0.204 e. The number of nitrogens with zero attached hydrogens (tertiary/aromatic N) is 3. The molecule has 0 saturated carbocycles. The zero-order valence-corrected chi connectivity index (χ0v) is 9.40. The minimum absolute atomic E-state index is 0.272. The second-order valence-corrected chi connectivity index (χ2v) is 3.60. The lowest BCUT2D eigenvalue weighted by Gasteiger charge is -2.03. The summed E-state index contributed by atoms with van der Waals surface area (Å²) in [7, 11) is 0. The van der Waals surface area contributed by atoms with Crippen LogP contribution in [-0.2, 0) is 0 Å². The molecule has 0 aliphatic rings. The van der Waals surface area contributed by atoms with Gasteiger partial charge in [0.05, 0.1) is 5.56 Å². The molecule has 0 unspecified atom stereocenters. The van der Waals surface area contributed by atoms with Crippen molar-refractivity contribution in [3.05, 3.63) is 40.2 Å². The second-order valence-electron chi connectivity index (χ2n) is 2.92. The lowest BCUT2D eigenvalue weighted by molar-refractivity contribution is 0.448. The van der Waals surface area contributed by atoms with Crippen LogP contribution in [0, 0.1) is 17.5 Å². The number of halogens is 5. The highest BCUT2D eigenvalue weighted by Crippen LogP contribution is 2.24. The third kappa shape index (κ3) is 2.32. The van der Waals surface area contributed by atoms with Gasteiger partial charge in [0.1, 0.15) is 0 Å². The van der Waals surface area contributed by atoms with Gasteiger partial charge in [-0.1, -0.05) is 0 Å². The Labute approximate surface area is 103 Å². The van der Waals surface area contributed by atoms with E-state index < -0.39 is 17.5 Å². The Balaban J connectivity index is 2.64. The number of aromatic nitrogens is 3. The summed E-state index contributed by atoms with van der Waals surface area (Å²) in [6.45, 7) is 0. The molecule has 17 heavy (non-hydrogen) atoms. The molecule has 8 heteroatoms. The van der Waals surface area contributed by atoms with Crippen molar-refractivity contribution in [1.29, 1.82) is 0 Å². The van der Waals surface area contributed by atoms with E-state index in [1.807, 2.05) is 0 Å². The molecule has 0 bridgehead atoms. The van der Waals surface area contributed by atoms with Crippen LogP contribution in [0.2, 0.25) is 10.6 Å². The van der Waals surface area contributed by atoms with Crippen LogP contribution >= 0.6 is 23.2 Å². The van der Waals surface area contributed by atoms with Crippen LogP contribution in [0.5, 0.6) is 0 Å². The van der Waals surface area contributed by atoms with Gasteiger partial charge in [0.15, 0.2) is 23.3 Å². The van der Waals surface area contributed by atoms with E-state index in [1.165, 1.54) is 0 Å². The van der Waals surface area contributed by atoms with Gasteiger partial charge in [0, 0.05) is 0 Å². The SMILES string of the molecule is Fc1ccc(-c2nc(Cl)nc(Cl)n2)c(F)c1F. The molecule has 2 rings (SSSR count). The first-order valence-corrected chi connectivity index (χ1v) is 4.95. The lowest BCUT2D eigenvalue weighted by Crippen LogP contribution is -1.99. The van der Waals surface area contributed by atoms with E-state index in [0.29, 0.717) is 0 Å². The molecule has 0 saturated heterocycles. The Hall–Kier alpha value is -1.40. The van der Waals surface area contributed by atoms with Crippen molar-refractivity contribution >= 4 is 23.2 Å². The molecule has 0 aliphatic heterocycles. The first-order chi connectivity index (χ1) is 7.99. The topological polar surface area (TPSA) is 38.7 Å². The minimum atomic E-state index is -1.62. The van der Waals surface area contributed by atoms with Gasteiger partial charge in [0.2, 0.25) is 10.6 Å². The number of hydrogen-bond donors (Lipinski definition) is 0. The Morgan fingerprint density at radius 2 is 1.41 bits per heavy atom. The largest absolute Gasteiger partial charge is 0.227 e. The summed E-state index contributed by atoms with van der Waals surface area (Å²) in [6.07, 6.45) is 0. The Kier molecular flexibility index (Phi) is 3.17. The standard InChI is InChI=1S/C9H2Cl2F3N3/c10-8-15-7(16-9(11)17-8)3-1-2-4(12)6(14)5(3)13/h1-2H. The molecule has 0 aliphatic carbocycles. The maximum absolute atomic E-state index is 13.4. The smallest absolute Gasteiger partial charge is 0.204 e. The Bertz CT molecular complexity index is 572. The second kappa shape index (κ2) is 4.46. The van der Waals surface area contributed by atoms with E-state index in [-0.39, 0.29) is 22.0 Å². The average Bonchev–Trinajstić information content (AvgIpc) is 2.24. The predicted molar refractivity (Wildman–Crippen MR) is 55.2 cm³/mol. The fraction of sp³-hybridized carbons (Fsp3) is 0. The highest BCUT2D eigenvalue weighted by molar-refractivity contribution is 6.31. The summed E-state index contributed by atoms with van der Waals surface area (Å²) in [5, 5.41) is -0.548. The fourth-order valence-corrected chi connectivity index (χ4v) is 1.51. The number of benzene rings is 1. The normalized spacial score (nSPS) is 10.6. The summed E-state index contributed by atoms with van der Waals surface area (Å²) in [4.78, 5) is 10.6. The van der Waals surface area contributed by atoms with Gasteiger partial charge in [-0.2, -0.15) is 15.0 Å². The molecule has 0 spiro atoms. The van der Waals surface area contributed by atoms with E-state index in [4.69, 9.17) is 23.2 Å². The first-order valence-electron chi connectivity index (χ1n) is 4.20. The van der Waals surface area contributed by atoms with Crippen LogP contribution in [0.4, 0.5) is 13.2 Å². The maximum atomic E-state index is 13.4. The average molecular weight is 280 g/mol. The first kappa shape index (κ1) is 12.1. The van der Waals surface area contributed by atoms with Gasteiger partial charge >= 0.3 is 0 Å². The highest BCUT2D eigenvalue weighted by Gasteiger charge is 2.17. The van der Waals surface area contributed by atoms with Gasteiger partial charge in [0.25, 0.3) is 0 Å². The van der Waals surface area contributed by atoms with Crippen LogP contribution in [0.25, 0.3) is 11.4 Å². The van der Waals surface area contributed by atoms with Crippen LogP contribution in [0.1, 0.15) is 0 Å². The highest BCUT2D eigenvalue weighted by atomic mass is 35.5. The molecule has 1 aromatic carbocycles. The van der Waals surface area contributed by atoms with E-state index in [0.717, 1.165) is 12.1 Å². The summed E-state index contributed by atoms with van der Waals surface area (Å²) < 4.78 is 39.1. The van der Waals surface area contributed by atoms with E-state index in [1.54, 1.807) is 0 Å². The van der Waals surface area contributed by atoms with Crippen molar-refractivity contribution in [2.45, 2.75) is 0 Å². The van der Waals surface area contributed by atoms with Gasteiger partial charge in [-0.05, 0) is 35.3 Å². The summed E-state index contributed by atoms with van der Waals surface area (Å²) in [5.41, 5.74) is -0.352. The third-order valence-corrected chi connectivity index (χ3v) is 2.19. The molecule has 1 aromatic heterocycles. The Morgan fingerprint density at radius 1 is 0.824 bits per heavy atom. The molecule has 2 aromatic rings. The molecule has 88 valence electrons. The summed E-state index contributed by atoms with van der Waals surface area (Å²) in [6, 6.07) is 1.73. The van der Waals surface area contributed by atoms with E-state index in [2.05, 4.69) is 15.0 Å². The van der Waals surface area contributed by atoms with Gasteiger partial charge in [-0.3, -0.25) is 0 Å². The monoisotopic (exact) mass is 279 g/mol. The zero-order chi connectivity index (χ0) is 12.6. The van der Waals surface area contributed by atoms with Gasteiger partial charge < -0.3 is 0 Å². The molecule has 0 radical (unpaired) electrons. The molecular formula is C9H2Cl2F3N3. The molecule has 0 fully saturated rings. The van der Waals surface area contributed by atoms with Crippen molar-refractivity contribution in [2.24, 2.45) is 0 Å². The van der Waals surface area contributed by atoms with Crippen LogP contribution < -0.4 is 0 Å². The molecule has 1 heterocycles. The van der Waals surface area contributed by atoms with E-state index in [9.17, 15) is 13.2 Å². The summed E-state index contributed by atoms with van der Waals surface area (Å²) in [5.74, 6) is -4.61. The fourth-order valence-electron chi connectivity index (χ4n) is 1.14. The van der Waals surface area contributed by atoms with Crippen molar-refractivity contribution in [1.82, 2.24) is 15.0 Å². The lowest BCUT2D eigenvalue weighted by atomic mass is 10.2. The molecule has 0 amide bonds.